The normalized spacial score (nSPS) is 10.4. The standard InChI is InChI=1S/C19H23F2N3O/c1-3-24(4-2)16-8-6-15(7-9-16)23-19(25)11-12-22-18-10-5-14(20)13-17(18)21/h5-10,13,22H,3-4,11-12H2,1-2H3,(H,23,25). The zero-order chi connectivity index (χ0) is 18.2. The molecule has 2 N–H and O–H groups in total. The van der Waals surface area contributed by atoms with Crippen LogP contribution in [0.3, 0.4) is 0 Å². The maximum absolute atomic E-state index is 13.5. The lowest BCUT2D eigenvalue weighted by atomic mass is 10.2. The van der Waals surface area contributed by atoms with Crippen LogP contribution in [0.1, 0.15) is 20.3 Å². The molecule has 6 heteroatoms. The largest absolute Gasteiger partial charge is 0.382 e. The first-order chi connectivity index (χ1) is 12.0. The van der Waals surface area contributed by atoms with Gasteiger partial charge in [0.05, 0.1) is 5.69 Å². The highest BCUT2D eigenvalue weighted by Gasteiger charge is 2.06. The molecule has 0 fully saturated rings. The highest BCUT2D eigenvalue weighted by molar-refractivity contribution is 5.91. The highest BCUT2D eigenvalue weighted by Crippen LogP contribution is 2.18. The summed E-state index contributed by atoms with van der Waals surface area (Å²) in [6.45, 7) is 6.29. The van der Waals surface area contributed by atoms with Crippen LogP contribution in [0.15, 0.2) is 42.5 Å². The second-order valence-corrected chi connectivity index (χ2v) is 5.57. The molecule has 2 rings (SSSR count). The van der Waals surface area contributed by atoms with Crippen LogP contribution in [0.4, 0.5) is 25.8 Å². The zero-order valence-electron chi connectivity index (χ0n) is 14.5. The van der Waals surface area contributed by atoms with Crippen LogP contribution in [0.25, 0.3) is 0 Å². The van der Waals surface area contributed by atoms with Crippen molar-refractivity contribution in [1.82, 2.24) is 0 Å². The Morgan fingerprint density at radius 2 is 1.72 bits per heavy atom. The molecule has 134 valence electrons. The minimum atomic E-state index is -0.674. The van der Waals surface area contributed by atoms with Crippen molar-refractivity contribution in [2.24, 2.45) is 0 Å². The number of hydrogen-bond acceptors (Lipinski definition) is 3. The molecule has 0 atom stereocenters. The predicted octanol–water partition coefficient (Wildman–Crippen LogP) is 4.25. The van der Waals surface area contributed by atoms with Gasteiger partial charge in [-0.05, 0) is 50.2 Å². The molecule has 0 heterocycles. The minimum absolute atomic E-state index is 0.175. The maximum Gasteiger partial charge on any atom is 0.226 e. The molecule has 0 aliphatic rings. The molecule has 0 saturated carbocycles. The molecule has 2 aromatic rings. The van der Waals surface area contributed by atoms with Gasteiger partial charge in [0.25, 0.3) is 0 Å². The summed E-state index contributed by atoms with van der Waals surface area (Å²) in [5.74, 6) is -1.48. The smallest absolute Gasteiger partial charge is 0.226 e. The Morgan fingerprint density at radius 1 is 1.04 bits per heavy atom. The van der Waals surface area contributed by atoms with Gasteiger partial charge in [-0.25, -0.2) is 8.78 Å². The minimum Gasteiger partial charge on any atom is -0.382 e. The predicted molar refractivity (Wildman–Crippen MR) is 98.1 cm³/mol. The van der Waals surface area contributed by atoms with Crippen LogP contribution < -0.4 is 15.5 Å². The summed E-state index contributed by atoms with van der Waals surface area (Å²) in [6, 6.07) is 10.9. The molecule has 1 amide bonds. The van der Waals surface area contributed by atoms with E-state index < -0.39 is 11.6 Å². The lowest BCUT2D eigenvalue weighted by molar-refractivity contribution is -0.115. The van der Waals surface area contributed by atoms with E-state index in [1.165, 1.54) is 12.1 Å². The van der Waals surface area contributed by atoms with Gasteiger partial charge in [0, 0.05) is 43.5 Å². The van der Waals surface area contributed by atoms with Gasteiger partial charge in [0.15, 0.2) is 0 Å². The van der Waals surface area contributed by atoms with Gasteiger partial charge in [0.2, 0.25) is 5.91 Å². The van der Waals surface area contributed by atoms with E-state index in [4.69, 9.17) is 0 Å². The molecule has 0 aliphatic heterocycles. The Bertz CT molecular complexity index is 700. The van der Waals surface area contributed by atoms with Gasteiger partial charge < -0.3 is 15.5 Å². The fraction of sp³-hybridized carbons (Fsp3) is 0.316. The number of carbonyl (C=O) groups is 1. The number of nitrogens with zero attached hydrogens (tertiary/aromatic N) is 1. The van der Waals surface area contributed by atoms with Crippen molar-refractivity contribution in [2.75, 3.05) is 35.2 Å². The van der Waals surface area contributed by atoms with Gasteiger partial charge in [0.1, 0.15) is 11.6 Å². The summed E-state index contributed by atoms with van der Waals surface area (Å²) in [4.78, 5) is 14.2. The van der Waals surface area contributed by atoms with E-state index in [9.17, 15) is 13.6 Å². The zero-order valence-corrected chi connectivity index (χ0v) is 14.5. The molecule has 25 heavy (non-hydrogen) atoms. The van der Waals surface area contributed by atoms with E-state index in [1.54, 1.807) is 0 Å². The van der Waals surface area contributed by atoms with Crippen molar-refractivity contribution >= 4 is 23.0 Å². The molecule has 2 aromatic carbocycles. The molecule has 0 aliphatic carbocycles. The lowest BCUT2D eigenvalue weighted by Gasteiger charge is -2.21. The van der Waals surface area contributed by atoms with Crippen molar-refractivity contribution in [1.29, 1.82) is 0 Å². The number of anilines is 3. The second-order valence-electron chi connectivity index (χ2n) is 5.57. The molecule has 0 spiro atoms. The van der Waals surface area contributed by atoms with Crippen molar-refractivity contribution < 1.29 is 13.6 Å². The maximum atomic E-state index is 13.5. The Hall–Kier alpha value is -2.63. The summed E-state index contributed by atoms with van der Waals surface area (Å²) in [5, 5.41) is 5.59. The molecule has 0 saturated heterocycles. The third-order valence-electron chi connectivity index (χ3n) is 3.88. The molecular weight excluding hydrogens is 324 g/mol. The fourth-order valence-corrected chi connectivity index (χ4v) is 2.51. The SMILES string of the molecule is CCN(CC)c1ccc(NC(=O)CCNc2ccc(F)cc2F)cc1. The molecule has 0 aromatic heterocycles. The Kier molecular flexibility index (Phi) is 6.74. The van der Waals surface area contributed by atoms with E-state index >= 15 is 0 Å². The van der Waals surface area contributed by atoms with Crippen LogP contribution in [-0.4, -0.2) is 25.5 Å². The van der Waals surface area contributed by atoms with Crippen LogP contribution in [0, 0.1) is 11.6 Å². The molecule has 0 radical (unpaired) electrons. The first kappa shape index (κ1) is 18.7. The van der Waals surface area contributed by atoms with E-state index in [1.807, 2.05) is 24.3 Å². The average molecular weight is 347 g/mol. The van der Waals surface area contributed by atoms with Gasteiger partial charge >= 0.3 is 0 Å². The van der Waals surface area contributed by atoms with Crippen LogP contribution in [0.5, 0.6) is 0 Å². The summed E-state index contributed by atoms with van der Waals surface area (Å²) in [5.41, 5.74) is 2.00. The van der Waals surface area contributed by atoms with Crippen molar-refractivity contribution in [2.45, 2.75) is 20.3 Å². The quantitative estimate of drug-likeness (QED) is 0.750. The van der Waals surface area contributed by atoms with E-state index in [2.05, 4.69) is 29.4 Å². The first-order valence-corrected chi connectivity index (χ1v) is 8.37. The topological polar surface area (TPSA) is 44.4 Å². The van der Waals surface area contributed by atoms with Gasteiger partial charge in [-0.1, -0.05) is 0 Å². The molecule has 0 unspecified atom stereocenters. The Balaban J connectivity index is 1.82. The monoisotopic (exact) mass is 347 g/mol. The van der Waals surface area contributed by atoms with E-state index in [0.717, 1.165) is 24.8 Å². The van der Waals surface area contributed by atoms with E-state index in [0.29, 0.717) is 5.69 Å². The average Bonchev–Trinajstić information content (AvgIpc) is 2.59. The Labute approximate surface area is 146 Å². The number of carbonyl (C=O) groups excluding carboxylic acids is 1. The van der Waals surface area contributed by atoms with Crippen LogP contribution in [-0.2, 0) is 4.79 Å². The fourth-order valence-electron chi connectivity index (χ4n) is 2.51. The number of amides is 1. The van der Waals surface area contributed by atoms with E-state index in [-0.39, 0.29) is 24.6 Å². The van der Waals surface area contributed by atoms with Crippen LogP contribution in [0.2, 0.25) is 0 Å². The summed E-state index contributed by atoms with van der Waals surface area (Å²) < 4.78 is 26.3. The van der Waals surface area contributed by atoms with Gasteiger partial charge in [-0.15, -0.1) is 0 Å². The number of nitrogens with one attached hydrogen (secondary N) is 2. The van der Waals surface area contributed by atoms with Gasteiger partial charge in [-0.2, -0.15) is 0 Å². The second kappa shape index (κ2) is 9.01. The first-order valence-electron chi connectivity index (χ1n) is 8.37. The van der Waals surface area contributed by atoms with Crippen molar-refractivity contribution in [3.05, 3.63) is 54.1 Å². The highest BCUT2D eigenvalue weighted by atomic mass is 19.1. The third kappa shape index (κ3) is 5.45. The van der Waals surface area contributed by atoms with Crippen molar-refractivity contribution in [3.63, 3.8) is 0 Å². The number of halogens is 2. The summed E-state index contributed by atoms with van der Waals surface area (Å²) in [6.07, 6.45) is 0.175. The molecule has 4 nitrogen and oxygen atoms in total. The lowest BCUT2D eigenvalue weighted by Crippen LogP contribution is -2.21. The molecular formula is C19H23F2N3O. The Morgan fingerprint density at radius 3 is 2.32 bits per heavy atom. The summed E-state index contributed by atoms with van der Waals surface area (Å²) >= 11 is 0. The van der Waals surface area contributed by atoms with Crippen LogP contribution >= 0.6 is 0 Å². The summed E-state index contributed by atoms with van der Waals surface area (Å²) in [7, 11) is 0. The van der Waals surface area contributed by atoms with Gasteiger partial charge in [-0.3, -0.25) is 4.79 Å². The number of benzene rings is 2. The van der Waals surface area contributed by atoms with Crippen molar-refractivity contribution in [3.8, 4) is 0 Å². The molecule has 0 bridgehead atoms. The third-order valence-corrected chi connectivity index (χ3v) is 3.88. The number of rotatable bonds is 8. The number of hydrogen-bond donors (Lipinski definition) is 2.